The Morgan fingerprint density at radius 1 is 1.15 bits per heavy atom. The summed E-state index contributed by atoms with van der Waals surface area (Å²) in [6.07, 6.45) is -4.72. The molecule has 1 N–H and O–H groups in total. The normalized spacial score (nSPS) is 13.4. The highest BCUT2D eigenvalue weighted by Gasteiger charge is 2.34. The Morgan fingerprint density at radius 2 is 1.81 bits per heavy atom. The predicted molar refractivity (Wildman–Crippen MR) is 97.0 cm³/mol. The SMILES string of the molecule is COC[C@H](Cc1ccccc1)NS(=O)(=O)c1ccc(Br)cc1OC(F)(F)F. The Morgan fingerprint density at radius 3 is 2.41 bits per heavy atom. The van der Waals surface area contributed by atoms with Gasteiger partial charge in [-0.25, -0.2) is 13.1 Å². The monoisotopic (exact) mass is 467 g/mol. The van der Waals surface area contributed by atoms with E-state index in [0.29, 0.717) is 6.42 Å². The quantitative estimate of drug-likeness (QED) is 0.639. The molecule has 0 aliphatic heterocycles. The highest BCUT2D eigenvalue weighted by molar-refractivity contribution is 9.10. The highest BCUT2D eigenvalue weighted by Crippen LogP contribution is 2.32. The van der Waals surface area contributed by atoms with Crippen LogP contribution in [-0.4, -0.2) is 34.5 Å². The summed E-state index contributed by atoms with van der Waals surface area (Å²) in [7, 11) is -2.89. The van der Waals surface area contributed by atoms with Gasteiger partial charge in [0, 0.05) is 17.6 Å². The molecule has 0 radical (unpaired) electrons. The Kier molecular flexibility index (Phi) is 7.26. The number of methoxy groups -OCH3 is 1. The molecule has 0 aliphatic rings. The molecular weight excluding hydrogens is 451 g/mol. The average molecular weight is 468 g/mol. The fourth-order valence-electron chi connectivity index (χ4n) is 2.43. The Labute approximate surface area is 163 Å². The largest absolute Gasteiger partial charge is 0.573 e. The van der Waals surface area contributed by atoms with E-state index in [9.17, 15) is 21.6 Å². The van der Waals surface area contributed by atoms with Crippen LogP contribution in [0.2, 0.25) is 0 Å². The minimum Gasteiger partial charge on any atom is -0.404 e. The van der Waals surface area contributed by atoms with Crippen molar-refractivity contribution in [3.8, 4) is 5.75 Å². The first-order valence-electron chi connectivity index (χ1n) is 7.71. The van der Waals surface area contributed by atoms with Crippen LogP contribution in [0, 0.1) is 0 Å². The lowest BCUT2D eigenvalue weighted by molar-refractivity contribution is -0.275. The second kappa shape index (κ2) is 9.05. The van der Waals surface area contributed by atoms with Gasteiger partial charge in [-0.3, -0.25) is 0 Å². The predicted octanol–water partition coefficient (Wildman–Crippen LogP) is 3.88. The van der Waals surface area contributed by atoms with Gasteiger partial charge in [-0.05, 0) is 30.2 Å². The number of halogens is 4. The minimum absolute atomic E-state index is 0.0418. The van der Waals surface area contributed by atoms with Gasteiger partial charge in [-0.2, -0.15) is 0 Å². The summed E-state index contributed by atoms with van der Waals surface area (Å²) in [6, 6.07) is 11.7. The molecular formula is C17H17BrF3NO4S. The van der Waals surface area contributed by atoms with E-state index in [4.69, 9.17) is 4.74 Å². The fourth-order valence-corrected chi connectivity index (χ4v) is 4.10. The lowest BCUT2D eigenvalue weighted by Gasteiger charge is -2.20. The third-order valence-electron chi connectivity index (χ3n) is 3.44. The zero-order chi connectivity index (χ0) is 20.1. The number of ether oxygens (including phenoxy) is 2. The second-order valence-electron chi connectivity index (χ2n) is 5.60. The van der Waals surface area contributed by atoms with Crippen LogP contribution in [0.1, 0.15) is 5.56 Å². The van der Waals surface area contributed by atoms with Gasteiger partial charge in [0.1, 0.15) is 4.90 Å². The molecule has 0 aromatic heterocycles. The van der Waals surface area contributed by atoms with Crippen molar-refractivity contribution in [2.75, 3.05) is 13.7 Å². The van der Waals surface area contributed by atoms with Gasteiger partial charge in [0.2, 0.25) is 10.0 Å². The van der Waals surface area contributed by atoms with Crippen LogP contribution in [0.4, 0.5) is 13.2 Å². The Balaban J connectivity index is 2.30. The van der Waals surface area contributed by atoms with Gasteiger partial charge in [-0.15, -0.1) is 13.2 Å². The lowest BCUT2D eigenvalue weighted by Crippen LogP contribution is -2.39. The Hall–Kier alpha value is -1.62. The molecule has 0 saturated carbocycles. The number of hydrogen-bond donors (Lipinski definition) is 1. The average Bonchev–Trinajstić information content (AvgIpc) is 2.54. The third kappa shape index (κ3) is 6.80. The zero-order valence-corrected chi connectivity index (χ0v) is 16.6. The van der Waals surface area contributed by atoms with Gasteiger partial charge in [0.05, 0.1) is 6.61 Å². The lowest BCUT2D eigenvalue weighted by atomic mass is 10.1. The molecule has 1 atom stereocenters. The van der Waals surface area contributed by atoms with E-state index >= 15 is 0 Å². The van der Waals surface area contributed by atoms with Crippen LogP contribution in [-0.2, 0) is 21.2 Å². The number of sulfonamides is 1. The van der Waals surface area contributed by atoms with Gasteiger partial charge in [-0.1, -0.05) is 46.3 Å². The smallest absolute Gasteiger partial charge is 0.404 e. The van der Waals surface area contributed by atoms with Crippen LogP contribution in [0.25, 0.3) is 0 Å². The van der Waals surface area contributed by atoms with Crippen molar-refractivity contribution in [2.45, 2.75) is 23.7 Å². The maximum absolute atomic E-state index is 12.7. The van der Waals surface area contributed by atoms with Gasteiger partial charge >= 0.3 is 6.36 Å². The molecule has 27 heavy (non-hydrogen) atoms. The number of alkyl halides is 3. The van der Waals surface area contributed by atoms with Gasteiger partial charge < -0.3 is 9.47 Å². The first-order valence-corrected chi connectivity index (χ1v) is 9.99. The van der Waals surface area contributed by atoms with E-state index in [1.165, 1.54) is 13.2 Å². The second-order valence-corrected chi connectivity index (χ2v) is 8.20. The molecule has 0 bridgehead atoms. The first kappa shape index (κ1) is 21.7. The summed E-state index contributed by atoms with van der Waals surface area (Å²) in [4.78, 5) is -0.614. The third-order valence-corrected chi connectivity index (χ3v) is 5.49. The molecule has 10 heteroatoms. The molecule has 0 fully saturated rings. The van der Waals surface area contributed by atoms with E-state index in [1.807, 2.05) is 18.2 Å². The standard InChI is InChI=1S/C17H17BrF3NO4S/c1-25-11-14(9-12-5-3-2-4-6-12)22-27(23,24)16-8-7-13(18)10-15(16)26-17(19,20)21/h2-8,10,14,22H,9,11H2,1H3/t14-/m0/s1. The van der Waals surface area contributed by atoms with E-state index < -0.39 is 33.1 Å². The topological polar surface area (TPSA) is 64.6 Å². The van der Waals surface area contributed by atoms with E-state index in [0.717, 1.165) is 17.7 Å². The molecule has 2 aromatic rings. The van der Waals surface area contributed by atoms with Crippen molar-refractivity contribution in [3.63, 3.8) is 0 Å². The molecule has 0 amide bonds. The Bertz CT molecular complexity index is 860. The molecule has 0 heterocycles. The van der Waals surface area contributed by atoms with Gasteiger partial charge in [0.25, 0.3) is 0 Å². The molecule has 2 rings (SSSR count). The van der Waals surface area contributed by atoms with Crippen molar-refractivity contribution in [1.29, 1.82) is 0 Å². The molecule has 0 unspecified atom stereocenters. The minimum atomic E-state index is -5.03. The summed E-state index contributed by atoms with van der Waals surface area (Å²) in [5, 5.41) is 0. The molecule has 5 nitrogen and oxygen atoms in total. The zero-order valence-electron chi connectivity index (χ0n) is 14.2. The summed E-state index contributed by atoms with van der Waals surface area (Å²) >= 11 is 3.01. The van der Waals surface area contributed by atoms with Crippen LogP contribution in [0.15, 0.2) is 57.9 Å². The number of nitrogens with one attached hydrogen (secondary N) is 1. The van der Waals surface area contributed by atoms with E-state index in [-0.39, 0.29) is 11.1 Å². The van der Waals surface area contributed by atoms with Crippen LogP contribution in [0.5, 0.6) is 5.75 Å². The summed E-state index contributed by atoms with van der Waals surface area (Å²) in [6.45, 7) is 0.0418. The van der Waals surface area contributed by atoms with Crippen molar-refractivity contribution in [1.82, 2.24) is 4.72 Å². The summed E-state index contributed by atoms with van der Waals surface area (Å²) < 4.78 is 74.9. The molecule has 0 saturated heterocycles. The fraction of sp³-hybridized carbons (Fsp3) is 0.294. The highest BCUT2D eigenvalue weighted by atomic mass is 79.9. The molecule has 148 valence electrons. The van der Waals surface area contributed by atoms with Crippen LogP contribution in [0.3, 0.4) is 0 Å². The molecule has 2 aromatic carbocycles. The van der Waals surface area contributed by atoms with E-state index in [1.54, 1.807) is 12.1 Å². The summed E-state index contributed by atoms with van der Waals surface area (Å²) in [5.74, 6) is -0.819. The van der Waals surface area contributed by atoms with Crippen molar-refractivity contribution in [3.05, 3.63) is 58.6 Å². The van der Waals surface area contributed by atoms with Crippen LogP contribution < -0.4 is 9.46 Å². The van der Waals surface area contributed by atoms with Crippen molar-refractivity contribution in [2.24, 2.45) is 0 Å². The number of rotatable bonds is 8. The van der Waals surface area contributed by atoms with Gasteiger partial charge in [0.15, 0.2) is 5.75 Å². The number of benzene rings is 2. The number of hydrogen-bond acceptors (Lipinski definition) is 4. The van der Waals surface area contributed by atoms with E-state index in [2.05, 4.69) is 25.4 Å². The maximum Gasteiger partial charge on any atom is 0.573 e. The maximum atomic E-state index is 12.7. The molecule has 0 spiro atoms. The molecule has 0 aliphatic carbocycles. The summed E-state index contributed by atoms with van der Waals surface area (Å²) in [5.41, 5.74) is 0.852. The first-order chi connectivity index (χ1) is 12.6. The van der Waals surface area contributed by atoms with Crippen LogP contribution >= 0.6 is 15.9 Å². The van der Waals surface area contributed by atoms with Crippen molar-refractivity contribution >= 4 is 26.0 Å². The van der Waals surface area contributed by atoms with Crippen molar-refractivity contribution < 1.29 is 31.1 Å².